The molecule has 574 valence electrons. The Labute approximate surface area is 606 Å². The fraction of sp³-hybridized carbons (Fsp3) is 0.704. The molecule has 0 saturated heterocycles. The van der Waals surface area contributed by atoms with Crippen LogP contribution in [0.3, 0.4) is 0 Å². The minimum absolute atomic E-state index is 0.0708. The van der Waals surface area contributed by atoms with E-state index in [-0.39, 0.29) is 25.7 Å². The van der Waals surface area contributed by atoms with E-state index in [1.54, 1.807) is 0 Å². The van der Waals surface area contributed by atoms with E-state index in [2.05, 4.69) is 137 Å². The number of carbonyl (C=O) groups excluding carboxylic acids is 4. The number of aliphatic hydroxyl groups is 1. The van der Waals surface area contributed by atoms with Crippen LogP contribution in [0.2, 0.25) is 0 Å². The van der Waals surface area contributed by atoms with Crippen molar-refractivity contribution in [1.29, 1.82) is 0 Å². The lowest BCUT2D eigenvalue weighted by atomic mass is 10.1. The van der Waals surface area contributed by atoms with Crippen molar-refractivity contribution in [2.24, 2.45) is 0 Å². The summed E-state index contributed by atoms with van der Waals surface area (Å²) in [6.45, 7) is 4.53. The van der Waals surface area contributed by atoms with Gasteiger partial charge < -0.3 is 33.8 Å². The van der Waals surface area contributed by atoms with Crippen molar-refractivity contribution in [3.8, 4) is 0 Å². The fourth-order valence-corrected chi connectivity index (χ4v) is 11.6. The van der Waals surface area contributed by atoms with E-state index >= 15 is 0 Å². The first kappa shape index (κ1) is 95.5. The number of aliphatic hydroxyl groups excluding tert-OH is 1. The number of rotatable bonds is 72. The van der Waals surface area contributed by atoms with E-state index in [1.165, 1.54) is 64.2 Å². The highest BCUT2D eigenvalue weighted by molar-refractivity contribution is 7.47. The average molecular weight is 1450 g/mol. The molecular formula is C81H138O17P2. The average Bonchev–Trinajstić information content (AvgIpc) is 1.06. The van der Waals surface area contributed by atoms with Crippen LogP contribution in [0.4, 0.5) is 0 Å². The van der Waals surface area contributed by atoms with Gasteiger partial charge in [0.15, 0.2) is 12.2 Å². The molecule has 0 rings (SSSR count). The van der Waals surface area contributed by atoms with E-state index < -0.39 is 97.5 Å². The number of esters is 4. The molecule has 0 heterocycles. The van der Waals surface area contributed by atoms with E-state index in [0.29, 0.717) is 32.1 Å². The maximum atomic E-state index is 13.1. The van der Waals surface area contributed by atoms with Crippen molar-refractivity contribution in [2.75, 3.05) is 39.6 Å². The number of unbranched alkanes of at least 4 members (excludes halogenated alkanes) is 26. The van der Waals surface area contributed by atoms with Gasteiger partial charge in [0, 0.05) is 25.7 Å². The van der Waals surface area contributed by atoms with E-state index in [9.17, 15) is 43.2 Å². The van der Waals surface area contributed by atoms with Gasteiger partial charge >= 0.3 is 39.5 Å². The Bertz CT molecular complexity index is 2370. The van der Waals surface area contributed by atoms with Crippen LogP contribution in [0.5, 0.6) is 0 Å². The number of allylic oxidation sites excluding steroid dienone is 20. The molecule has 0 aliphatic carbocycles. The lowest BCUT2D eigenvalue weighted by molar-refractivity contribution is -0.161. The first-order valence-corrected chi connectivity index (χ1v) is 41.8. The van der Waals surface area contributed by atoms with E-state index in [1.807, 2.05) is 12.2 Å². The highest BCUT2D eigenvalue weighted by Gasteiger charge is 2.30. The Morgan fingerprint density at radius 1 is 0.290 bits per heavy atom. The van der Waals surface area contributed by atoms with Crippen LogP contribution in [0.1, 0.15) is 310 Å². The Balaban J connectivity index is 5.42. The van der Waals surface area contributed by atoms with Gasteiger partial charge in [0.05, 0.1) is 26.4 Å². The predicted molar refractivity (Wildman–Crippen MR) is 408 cm³/mol. The molecule has 100 heavy (non-hydrogen) atoms. The summed E-state index contributed by atoms with van der Waals surface area (Å²) in [5, 5.41) is 10.6. The van der Waals surface area contributed by atoms with Gasteiger partial charge in [0.1, 0.15) is 19.3 Å². The Morgan fingerprint density at radius 3 is 0.860 bits per heavy atom. The molecule has 0 aromatic carbocycles. The summed E-state index contributed by atoms with van der Waals surface area (Å²) in [5.41, 5.74) is 0. The minimum Gasteiger partial charge on any atom is -0.462 e. The third-order valence-electron chi connectivity index (χ3n) is 15.9. The Kier molecular flexibility index (Phi) is 69.5. The van der Waals surface area contributed by atoms with Gasteiger partial charge in [-0.3, -0.25) is 37.3 Å². The van der Waals surface area contributed by atoms with Crippen molar-refractivity contribution >= 4 is 39.5 Å². The highest BCUT2D eigenvalue weighted by Crippen LogP contribution is 2.45. The van der Waals surface area contributed by atoms with Crippen molar-refractivity contribution in [3.63, 3.8) is 0 Å². The van der Waals surface area contributed by atoms with Gasteiger partial charge in [0.2, 0.25) is 0 Å². The highest BCUT2D eigenvalue weighted by atomic mass is 31.2. The molecule has 0 spiro atoms. The van der Waals surface area contributed by atoms with Gasteiger partial charge in [-0.2, -0.15) is 0 Å². The summed E-state index contributed by atoms with van der Waals surface area (Å²) in [7, 11) is -9.98. The van der Waals surface area contributed by atoms with Gasteiger partial charge in [-0.1, -0.05) is 258 Å². The van der Waals surface area contributed by atoms with Gasteiger partial charge in [-0.15, -0.1) is 0 Å². The van der Waals surface area contributed by atoms with Crippen LogP contribution in [-0.2, 0) is 65.4 Å². The number of phosphoric acid groups is 2. The second-order valence-electron chi connectivity index (χ2n) is 25.5. The van der Waals surface area contributed by atoms with Crippen LogP contribution >= 0.6 is 15.6 Å². The molecule has 0 amide bonds. The summed E-state index contributed by atoms with van der Waals surface area (Å²) in [6, 6.07) is 0. The molecule has 0 aliphatic heterocycles. The molecule has 19 heteroatoms. The van der Waals surface area contributed by atoms with Crippen molar-refractivity contribution in [2.45, 2.75) is 329 Å². The maximum Gasteiger partial charge on any atom is 0.472 e. The maximum absolute atomic E-state index is 13.1. The molecule has 0 radical (unpaired) electrons. The van der Waals surface area contributed by atoms with E-state index in [0.717, 1.165) is 161 Å². The zero-order valence-electron chi connectivity index (χ0n) is 62.6. The normalized spacial score (nSPS) is 14.6. The summed E-state index contributed by atoms with van der Waals surface area (Å²) in [6.07, 6.45) is 79.1. The number of phosphoric ester groups is 2. The standard InChI is InChI=1S/C81H138O17P2/c1-5-9-13-17-21-25-29-33-36-37-40-43-46-50-54-58-62-66-79(84)92-72-77(98-81(86)68-64-60-56-52-48-44-39-35-31-27-23-19-15-11-7-3)74-96-100(89,90)94-70-75(82)69-93-99(87,88)95-73-76(97-80(85)67-63-59-55-51-47-41-32-28-24-20-16-12-8-4)71-91-78(83)65-61-57-53-49-45-42-38-34-30-26-22-18-14-10-6-2/h9-10,13-14,21-22,25-26,28,32-36,38-40,43,50,54,75-77,82H,5-8,11-12,15-20,23-24,27,29-31,37,41-42,44-49,51-53,55-74H2,1-4H3,(H,87,88)(H,89,90)/b13-9-,14-10-,25-21-,26-22-,32-28-,36-33-,38-34-,39-35-,43-40-,54-50-. The predicted octanol–water partition coefficient (Wildman–Crippen LogP) is 22.3. The summed E-state index contributed by atoms with van der Waals surface area (Å²) in [4.78, 5) is 72.9. The second-order valence-corrected chi connectivity index (χ2v) is 28.4. The van der Waals surface area contributed by atoms with Crippen LogP contribution in [0, 0.1) is 0 Å². The van der Waals surface area contributed by atoms with Crippen molar-refractivity contribution < 1.29 is 80.2 Å². The number of hydrogen-bond donors (Lipinski definition) is 3. The summed E-state index contributed by atoms with van der Waals surface area (Å²) in [5.74, 6) is -2.28. The number of hydrogen-bond acceptors (Lipinski definition) is 15. The van der Waals surface area contributed by atoms with Crippen LogP contribution in [0.25, 0.3) is 0 Å². The molecule has 0 aliphatic rings. The molecule has 0 bridgehead atoms. The van der Waals surface area contributed by atoms with Crippen molar-refractivity contribution in [3.05, 3.63) is 122 Å². The molecule has 17 nitrogen and oxygen atoms in total. The quantitative estimate of drug-likeness (QED) is 0.0169. The van der Waals surface area contributed by atoms with Crippen LogP contribution in [-0.4, -0.2) is 96.7 Å². The number of ether oxygens (including phenoxy) is 4. The topological polar surface area (TPSA) is 237 Å². The first-order valence-electron chi connectivity index (χ1n) is 38.8. The van der Waals surface area contributed by atoms with Gasteiger partial charge in [0.25, 0.3) is 0 Å². The largest absolute Gasteiger partial charge is 0.472 e. The van der Waals surface area contributed by atoms with Gasteiger partial charge in [-0.25, -0.2) is 9.13 Å². The molecular weight excluding hydrogens is 1310 g/mol. The van der Waals surface area contributed by atoms with Crippen LogP contribution < -0.4 is 0 Å². The monoisotopic (exact) mass is 1440 g/mol. The lowest BCUT2D eigenvalue weighted by Gasteiger charge is -2.21. The minimum atomic E-state index is -4.99. The van der Waals surface area contributed by atoms with E-state index in [4.69, 9.17) is 37.0 Å². The molecule has 3 N–H and O–H groups in total. The second kappa shape index (κ2) is 72.8. The van der Waals surface area contributed by atoms with Crippen molar-refractivity contribution in [1.82, 2.24) is 0 Å². The Hall–Kier alpha value is -4.54. The molecule has 5 atom stereocenters. The molecule has 0 aromatic heterocycles. The number of carbonyl (C=O) groups is 4. The SMILES string of the molecule is CC/C=C\C/C=C\C/C=C\C/C=C\C/C=C\CCCC(=O)OCC(COP(=O)(O)OCC(O)COP(=O)(O)OCC(COC(=O)CCCCCCC/C=C\C/C=C\C/C=C\CC)OC(=O)CCCCCCC/C=C\CCCCCC)OC(=O)CCCCCCC/C=C\CCCCCCCC. The third-order valence-corrected chi connectivity index (χ3v) is 17.8. The molecule has 0 saturated carbocycles. The molecule has 0 aromatic rings. The molecule has 5 unspecified atom stereocenters. The fourth-order valence-electron chi connectivity index (χ4n) is 10.0. The van der Waals surface area contributed by atoms with Crippen LogP contribution in [0.15, 0.2) is 122 Å². The zero-order valence-corrected chi connectivity index (χ0v) is 64.4. The lowest BCUT2D eigenvalue weighted by Crippen LogP contribution is -2.30. The summed E-state index contributed by atoms with van der Waals surface area (Å²) < 4.78 is 68.4. The Morgan fingerprint density at radius 2 is 0.530 bits per heavy atom. The van der Waals surface area contributed by atoms with Gasteiger partial charge in [-0.05, 0) is 148 Å². The zero-order chi connectivity index (χ0) is 73.2. The molecule has 0 fully saturated rings. The summed E-state index contributed by atoms with van der Waals surface area (Å²) >= 11 is 0. The third kappa shape index (κ3) is 71.8. The first-order chi connectivity index (χ1) is 48.7. The smallest absolute Gasteiger partial charge is 0.462 e.